The normalized spacial score (nSPS) is 12.2. The van der Waals surface area contributed by atoms with Gasteiger partial charge in [-0.05, 0) is 39.1 Å². The first-order chi connectivity index (χ1) is 14.8. The van der Waals surface area contributed by atoms with Gasteiger partial charge < -0.3 is 9.88 Å². The lowest BCUT2D eigenvalue weighted by molar-refractivity contribution is -0.113. The van der Waals surface area contributed by atoms with Crippen LogP contribution in [0.4, 0.5) is 5.82 Å². The predicted octanol–water partition coefficient (Wildman–Crippen LogP) is 4.69. The highest BCUT2D eigenvalue weighted by Gasteiger charge is 2.21. The third-order valence-electron chi connectivity index (χ3n) is 4.87. The molecule has 1 aromatic carbocycles. The number of rotatable bonds is 8. The van der Waals surface area contributed by atoms with Crippen molar-refractivity contribution in [1.82, 2.24) is 24.6 Å². The zero-order chi connectivity index (χ0) is 22.5. The summed E-state index contributed by atoms with van der Waals surface area (Å²) in [5.74, 6) is 1.04. The Kier molecular flexibility index (Phi) is 7.94. The van der Waals surface area contributed by atoms with Crippen LogP contribution in [-0.2, 0) is 11.3 Å². The van der Waals surface area contributed by atoms with Crippen LogP contribution in [0.2, 0.25) is 10.0 Å². The van der Waals surface area contributed by atoms with Crippen LogP contribution in [0, 0.1) is 6.92 Å². The van der Waals surface area contributed by atoms with Gasteiger partial charge in [-0.2, -0.15) is 0 Å². The molecule has 3 rings (SSSR count). The summed E-state index contributed by atoms with van der Waals surface area (Å²) in [4.78, 5) is 18.7. The number of benzene rings is 1. The van der Waals surface area contributed by atoms with Crippen LogP contribution in [-0.4, -0.2) is 50.4 Å². The average molecular weight is 479 g/mol. The SMILES string of the molecule is Cc1c(Cl)cnc(NC(=O)CSc2nnc([C@@H](C)N(C)C)n2Cc2ccccc2)c1Cl. The van der Waals surface area contributed by atoms with Crippen molar-refractivity contribution in [3.8, 4) is 0 Å². The minimum atomic E-state index is -0.238. The van der Waals surface area contributed by atoms with E-state index in [1.807, 2.05) is 32.3 Å². The van der Waals surface area contributed by atoms with Gasteiger partial charge in [0.05, 0.1) is 28.4 Å². The number of hydrogen-bond acceptors (Lipinski definition) is 6. The van der Waals surface area contributed by atoms with E-state index < -0.39 is 0 Å². The lowest BCUT2D eigenvalue weighted by atomic mass is 10.2. The maximum Gasteiger partial charge on any atom is 0.236 e. The molecule has 164 valence electrons. The first kappa shape index (κ1) is 23.5. The van der Waals surface area contributed by atoms with Crippen LogP contribution in [0.15, 0.2) is 41.7 Å². The van der Waals surface area contributed by atoms with E-state index in [1.54, 1.807) is 6.92 Å². The van der Waals surface area contributed by atoms with Crippen molar-refractivity contribution in [3.05, 3.63) is 63.5 Å². The summed E-state index contributed by atoms with van der Waals surface area (Å²) in [6, 6.07) is 10.2. The van der Waals surface area contributed by atoms with Crippen molar-refractivity contribution < 1.29 is 4.79 Å². The number of nitrogens with zero attached hydrogens (tertiary/aromatic N) is 5. The van der Waals surface area contributed by atoms with E-state index in [0.717, 1.165) is 11.4 Å². The quantitative estimate of drug-likeness (QED) is 0.473. The highest BCUT2D eigenvalue weighted by Crippen LogP contribution is 2.29. The van der Waals surface area contributed by atoms with Crippen LogP contribution >= 0.6 is 35.0 Å². The van der Waals surface area contributed by atoms with Crippen LogP contribution < -0.4 is 5.32 Å². The molecule has 0 saturated carbocycles. The van der Waals surface area contributed by atoms with Crippen LogP contribution in [0.3, 0.4) is 0 Å². The van der Waals surface area contributed by atoms with E-state index in [2.05, 4.69) is 49.0 Å². The number of hydrogen-bond donors (Lipinski definition) is 1. The van der Waals surface area contributed by atoms with Crippen LogP contribution in [0.25, 0.3) is 0 Å². The Balaban J connectivity index is 1.76. The lowest BCUT2D eigenvalue weighted by Gasteiger charge is -2.20. The maximum absolute atomic E-state index is 12.5. The number of halogens is 2. The van der Waals surface area contributed by atoms with Gasteiger partial charge in [0.25, 0.3) is 0 Å². The molecule has 1 atom stereocenters. The topological polar surface area (TPSA) is 75.9 Å². The Morgan fingerprint density at radius 2 is 1.94 bits per heavy atom. The first-order valence-electron chi connectivity index (χ1n) is 9.64. The molecule has 0 aliphatic rings. The number of anilines is 1. The van der Waals surface area contributed by atoms with E-state index in [9.17, 15) is 4.79 Å². The molecule has 0 fully saturated rings. The van der Waals surface area contributed by atoms with E-state index in [4.69, 9.17) is 23.2 Å². The molecule has 0 saturated heterocycles. The molecule has 1 amide bonds. The molecule has 0 aliphatic carbocycles. The average Bonchev–Trinajstić information content (AvgIpc) is 3.15. The summed E-state index contributed by atoms with van der Waals surface area (Å²) in [6.07, 6.45) is 1.47. The summed E-state index contributed by atoms with van der Waals surface area (Å²) >= 11 is 13.6. The van der Waals surface area contributed by atoms with E-state index in [-0.39, 0.29) is 17.7 Å². The van der Waals surface area contributed by atoms with E-state index in [1.165, 1.54) is 18.0 Å². The number of thioether (sulfide) groups is 1. The second-order valence-corrected chi connectivity index (χ2v) is 9.01. The molecule has 10 heteroatoms. The number of carbonyl (C=O) groups is 1. The smallest absolute Gasteiger partial charge is 0.236 e. The number of nitrogens with one attached hydrogen (secondary N) is 1. The lowest BCUT2D eigenvalue weighted by Crippen LogP contribution is -2.21. The molecule has 2 heterocycles. The number of amides is 1. The number of pyridine rings is 1. The van der Waals surface area contributed by atoms with Gasteiger partial charge in [-0.15, -0.1) is 10.2 Å². The summed E-state index contributed by atoms with van der Waals surface area (Å²) < 4.78 is 2.05. The van der Waals surface area contributed by atoms with Crippen molar-refractivity contribution >= 4 is 46.7 Å². The molecule has 3 aromatic rings. The van der Waals surface area contributed by atoms with Gasteiger partial charge >= 0.3 is 0 Å². The Hall–Kier alpha value is -2.13. The van der Waals surface area contributed by atoms with Gasteiger partial charge in [0.1, 0.15) is 0 Å². The van der Waals surface area contributed by atoms with Crippen molar-refractivity contribution in [2.45, 2.75) is 31.6 Å². The summed E-state index contributed by atoms with van der Waals surface area (Å²) in [7, 11) is 3.99. The summed E-state index contributed by atoms with van der Waals surface area (Å²) in [6.45, 7) is 4.47. The highest BCUT2D eigenvalue weighted by molar-refractivity contribution is 7.99. The molecule has 0 radical (unpaired) electrons. The number of aromatic nitrogens is 4. The van der Waals surface area contributed by atoms with Gasteiger partial charge in [-0.3, -0.25) is 9.69 Å². The summed E-state index contributed by atoms with van der Waals surface area (Å²) in [5.41, 5.74) is 1.81. The largest absolute Gasteiger partial charge is 0.309 e. The van der Waals surface area contributed by atoms with Gasteiger partial charge in [0.15, 0.2) is 16.8 Å². The predicted molar refractivity (Wildman–Crippen MR) is 126 cm³/mol. The van der Waals surface area contributed by atoms with Gasteiger partial charge in [-0.1, -0.05) is 65.3 Å². The Bertz CT molecular complexity index is 1060. The fourth-order valence-corrected chi connectivity index (χ4v) is 3.94. The zero-order valence-corrected chi connectivity index (χ0v) is 20.1. The number of carbonyl (C=O) groups excluding carboxylic acids is 1. The molecule has 0 aliphatic heterocycles. The van der Waals surface area contributed by atoms with Gasteiger partial charge in [0, 0.05) is 6.20 Å². The first-order valence-corrected chi connectivity index (χ1v) is 11.4. The molecule has 2 aromatic heterocycles. The maximum atomic E-state index is 12.5. The Labute approximate surface area is 196 Å². The molecule has 0 unspecified atom stereocenters. The van der Waals surface area contributed by atoms with Gasteiger partial charge in [-0.25, -0.2) is 4.98 Å². The monoisotopic (exact) mass is 478 g/mol. The summed E-state index contributed by atoms with van der Waals surface area (Å²) in [5, 5.41) is 12.9. The second kappa shape index (κ2) is 10.5. The van der Waals surface area contributed by atoms with E-state index >= 15 is 0 Å². The fourth-order valence-electron chi connectivity index (χ4n) is 2.80. The van der Waals surface area contributed by atoms with E-state index in [0.29, 0.717) is 33.1 Å². The Morgan fingerprint density at radius 3 is 2.61 bits per heavy atom. The fraction of sp³-hybridized carbons (Fsp3) is 0.333. The molecule has 31 heavy (non-hydrogen) atoms. The highest BCUT2D eigenvalue weighted by atomic mass is 35.5. The molecular weight excluding hydrogens is 455 g/mol. The second-order valence-electron chi connectivity index (χ2n) is 7.28. The third-order valence-corrected chi connectivity index (χ3v) is 6.68. The standard InChI is InChI=1S/C21H24Cl2N6OS/c1-13-16(22)10-24-19(18(13)23)25-17(30)12-31-21-27-26-20(14(2)28(3)4)29(21)11-15-8-6-5-7-9-15/h5-10,14H,11-12H2,1-4H3,(H,24,25,30)/t14-/m1/s1. The van der Waals surface area contributed by atoms with Crippen molar-refractivity contribution in [3.63, 3.8) is 0 Å². The third kappa shape index (κ3) is 5.77. The van der Waals surface area contributed by atoms with Crippen molar-refractivity contribution in [2.24, 2.45) is 0 Å². The molecule has 1 N–H and O–H groups in total. The molecule has 0 spiro atoms. The zero-order valence-electron chi connectivity index (χ0n) is 17.8. The van der Waals surface area contributed by atoms with Crippen LogP contribution in [0.1, 0.15) is 29.9 Å². The van der Waals surface area contributed by atoms with Gasteiger partial charge in [0.2, 0.25) is 5.91 Å². The minimum absolute atomic E-state index is 0.0689. The van der Waals surface area contributed by atoms with Crippen molar-refractivity contribution in [2.75, 3.05) is 25.2 Å². The van der Waals surface area contributed by atoms with Crippen molar-refractivity contribution in [1.29, 1.82) is 0 Å². The molecular formula is C21H24Cl2N6OS. The molecule has 0 bridgehead atoms. The minimum Gasteiger partial charge on any atom is -0.309 e. The molecule has 7 nitrogen and oxygen atoms in total. The van der Waals surface area contributed by atoms with Crippen LogP contribution in [0.5, 0.6) is 0 Å². The Morgan fingerprint density at radius 1 is 1.23 bits per heavy atom.